The first-order chi connectivity index (χ1) is 9.74. The average Bonchev–Trinajstić information content (AvgIpc) is 2.47. The number of rotatable bonds is 2. The second-order valence-corrected chi connectivity index (χ2v) is 4.44. The molecule has 0 bridgehead atoms. The van der Waals surface area contributed by atoms with E-state index in [0.717, 1.165) is 5.39 Å². The number of fused-ring (bicyclic) bond motifs is 1. The van der Waals surface area contributed by atoms with Gasteiger partial charge in [0.1, 0.15) is 5.15 Å². The summed E-state index contributed by atoms with van der Waals surface area (Å²) in [6.07, 6.45) is 4.52. The Morgan fingerprint density at radius 2 is 2.05 bits per heavy atom. The minimum Gasteiger partial charge on any atom is -0.305 e. The lowest BCUT2D eigenvalue weighted by atomic mass is 10.1. The van der Waals surface area contributed by atoms with Crippen molar-refractivity contribution in [3.63, 3.8) is 0 Å². The van der Waals surface area contributed by atoms with Gasteiger partial charge in [0.2, 0.25) is 0 Å². The minimum atomic E-state index is -0.300. The highest BCUT2D eigenvalue weighted by Gasteiger charge is 2.13. The summed E-state index contributed by atoms with van der Waals surface area (Å²) in [4.78, 5) is 24.4. The summed E-state index contributed by atoms with van der Waals surface area (Å²) in [5, 5.41) is 3.68. The summed E-state index contributed by atoms with van der Waals surface area (Å²) < 4.78 is 0. The van der Waals surface area contributed by atoms with Gasteiger partial charge < -0.3 is 5.32 Å². The number of amides is 1. The van der Waals surface area contributed by atoms with E-state index in [1.54, 1.807) is 6.07 Å². The van der Waals surface area contributed by atoms with Gasteiger partial charge in [0.25, 0.3) is 5.91 Å². The van der Waals surface area contributed by atoms with Gasteiger partial charge in [-0.1, -0.05) is 29.8 Å². The van der Waals surface area contributed by atoms with Gasteiger partial charge in [-0.25, -0.2) is 9.97 Å². The smallest absolute Gasteiger partial charge is 0.257 e. The zero-order valence-electron chi connectivity index (χ0n) is 10.2. The number of carbonyl (C=O) groups excluding carboxylic acids is 1. The van der Waals surface area contributed by atoms with Gasteiger partial charge in [0.05, 0.1) is 17.3 Å². The molecular formula is C14H9ClN4O. The third-order valence-electron chi connectivity index (χ3n) is 2.73. The van der Waals surface area contributed by atoms with E-state index >= 15 is 0 Å². The van der Waals surface area contributed by atoms with Crippen LogP contribution in [0.15, 0.2) is 48.9 Å². The molecule has 2 heterocycles. The zero-order chi connectivity index (χ0) is 13.9. The van der Waals surface area contributed by atoms with E-state index in [1.807, 2.05) is 18.2 Å². The van der Waals surface area contributed by atoms with Gasteiger partial charge in [-0.2, -0.15) is 0 Å². The Morgan fingerprint density at radius 3 is 2.85 bits per heavy atom. The number of anilines is 1. The summed E-state index contributed by atoms with van der Waals surface area (Å²) in [6.45, 7) is 0. The van der Waals surface area contributed by atoms with Gasteiger partial charge in [-0.15, -0.1) is 0 Å². The van der Waals surface area contributed by atoms with E-state index in [1.165, 1.54) is 24.7 Å². The van der Waals surface area contributed by atoms with Crippen molar-refractivity contribution in [1.29, 1.82) is 0 Å². The monoisotopic (exact) mass is 284 g/mol. The maximum absolute atomic E-state index is 12.3. The second-order valence-electron chi connectivity index (χ2n) is 4.05. The fraction of sp³-hybridized carbons (Fsp3) is 0. The predicted molar refractivity (Wildman–Crippen MR) is 76.7 cm³/mol. The Balaban J connectivity index is 2.03. The molecule has 2 aromatic heterocycles. The van der Waals surface area contributed by atoms with Crippen LogP contribution < -0.4 is 5.32 Å². The van der Waals surface area contributed by atoms with E-state index in [4.69, 9.17) is 11.6 Å². The molecule has 5 nitrogen and oxygen atoms in total. The van der Waals surface area contributed by atoms with Crippen LogP contribution in [-0.4, -0.2) is 20.9 Å². The van der Waals surface area contributed by atoms with Gasteiger partial charge in [-0.3, -0.25) is 9.78 Å². The first-order valence-corrected chi connectivity index (χ1v) is 6.24. The third-order valence-corrected chi connectivity index (χ3v) is 2.93. The molecule has 1 N–H and O–H groups in total. The van der Waals surface area contributed by atoms with Gasteiger partial charge >= 0.3 is 0 Å². The van der Waals surface area contributed by atoms with Crippen LogP contribution in [0.1, 0.15) is 10.4 Å². The molecule has 0 saturated heterocycles. The fourth-order valence-corrected chi connectivity index (χ4v) is 2.08. The van der Waals surface area contributed by atoms with Crippen LogP contribution in [0.2, 0.25) is 5.15 Å². The number of benzene rings is 1. The van der Waals surface area contributed by atoms with Crippen LogP contribution in [0, 0.1) is 0 Å². The van der Waals surface area contributed by atoms with Crippen LogP contribution in [-0.2, 0) is 0 Å². The number of aromatic nitrogens is 3. The van der Waals surface area contributed by atoms with E-state index in [0.29, 0.717) is 16.9 Å². The standard InChI is InChI=1S/C14H9ClN4O/c15-12-7-10(9-3-1-2-4-11(9)18-12)14(20)19-13-8-16-5-6-17-13/h1-8H,(H,17,19,20). The van der Waals surface area contributed by atoms with Crippen LogP contribution in [0.4, 0.5) is 5.82 Å². The number of para-hydroxylation sites is 1. The van der Waals surface area contributed by atoms with Crippen molar-refractivity contribution in [2.24, 2.45) is 0 Å². The van der Waals surface area contributed by atoms with E-state index in [2.05, 4.69) is 20.3 Å². The highest BCUT2D eigenvalue weighted by Crippen LogP contribution is 2.21. The molecular weight excluding hydrogens is 276 g/mol. The largest absolute Gasteiger partial charge is 0.305 e. The summed E-state index contributed by atoms with van der Waals surface area (Å²) in [6, 6.07) is 8.85. The predicted octanol–water partition coefficient (Wildman–Crippen LogP) is 2.93. The maximum atomic E-state index is 12.3. The Kier molecular flexibility index (Phi) is 3.26. The molecule has 3 rings (SSSR count). The van der Waals surface area contributed by atoms with Crippen molar-refractivity contribution in [3.05, 3.63) is 59.6 Å². The Hall–Kier alpha value is -2.53. The van der Waals surface area contributed by atoms with E-state index < -0.39 is 0 Å². The molecule has 0 aliphatic heterocycles. The van der Waals surface area contributed by atoms with Crippen LogP contribution in [0.3, 0.4) is 0 Å². The topological polar surface area (TPSA) is 67.8 Å². The Morgan fingerprint density at radius 1 is 1.20 bits per heavy atom. The number of hydrogen-bond donors (Lipinski definition) is 1. The van der Waals surface area contributed by atoms with Crippen molar-refractivity contribution in [3.8, 4) is 0 Å². The molecule has 1 amide bonds. The second kappa shape index (κ2) is 5.22. The van der Waals surface area contributed by atoms with Gasteiger partial charge in [0.15, 0.2) is 5.82 Å². The molecule has 3 aromatic rings. The number of carbonyl (C=O) groups is 1. The average molecular weight is 285 g/mol. The van der Waals surface area contributed by atoms with Crippen LogP contribution >= 0.6 is 11.6 Å². The lowest BCUT2D eigenvalue weighted by Crippen LogP contribution is -2.13. The molecule has 20 heavy (non-hydrogen) atoms. The first kappa shape index (κ1) is 12.5. The molecule has 0 fully saturated rings. The SMILES string of the molecule is O=C(Nc1cnccn1)c1cc(Cl)nc2ccccc12. The normalized spacial score (nSPS) is 10.4. The summed E-state index contributed by atoms with van der Waals surface area (Å²) in [7, 11) is 0. The zero-order valence-corrected chi connectivity index (χ0v) is 11.0. The molecule has 0 spiro atoms. The Bertz CT molecular complexity index is 776. The minimum absolute atomic E-state index is 0.271. The van der Waals surface area contributed by atoms with E-state index in [9.17, 15) is 4.79 Å². The highest BCUT2D eigenvalue weighted by molar-refractivity contribution is 6.30. The number of hydrogen-bond acceptors (Lipinski definition) is 4. The molecule has 0 aliphatic carbocycles. The molecule has 0 aliphatic rings. The van der Waals surface area contributed by atoms with Gasteiger partial charge in [-0.05, 0) is 12.1 Å². The molecule has 0 unspecified atom stereocenters. The summed E-state index contributed by atoms with van der Waals surface area (Å²) in [5.74, 6) is 0.0838. The maximum Gasteiger partial charge on any atom is 0.257 e. The molecule has 0 atom stereocenters. The fourth-order valence-electron chi connectivity index (χ4n) is 1.88. The molecule has 1 aromatic carbocycles. The third kappa shape index (κ3) is 2.44. The number of halogens is 1. The van der Waals surface area contributed by atoms with Gasteiger partial charge in [0, 0.05) is 17.8 Å². The number of nitrogens with zero attached hydrogens (tertiary/aromatic N) is 3. The lowest BCUT2D eigenvalue weighted by Gasteiger charge is -2.07. The van der Waals surface area contributed by atoms with Crippen molar-refractivity contribution in [2.75, 3.05) is 5.32 Å². The number of pyridine rings is 1. The molecule has 0 saturated carbocycles. The number of nitrogens with one attached hydrogen (secondary N) is 1. The molecule has 6 heteroatoms. The highest BCUT2D eigenvalue weighted by atomic mass is 35.5. The van der Waals surface area contributed by atoms with Crippen molar-refractivity contribution in [2.45, 2.75) is 0 Å². The lowest BCUT2D eigenvalue weighted by molar-refractivity contribution is 0.102. The Labute approximate surface area is 119 Å². The first-order valence-electron chi connectivity index (χ1n) is 5.87. The van der Waals surface area contributed by atoms with Crippen LogP contribution in [0.5, 0.6) is 0 Å². The van der Waals surface area contributed by atoms with E-state index in [-0.39, 0.29) is 11.1 Å². The van der Waals surface area contributed by atoms with Crippen molar-refractivity contribution < 1.29 is 4.79 Å². The summed E-state index contributed by atoms with van der Waals surface area (Å²) >= 11 is 5.95. The molecule has 0 radical (unpaired) electrons. The van der Waals surface area contributed by atoms with Crippen molar-refractivity contribution >= 4 is 34.2 Å². The van der Waals surface area contributed by atoms with Crippen molar-refractivity contribution in [1.82, 2.24) is 15.0 Å². The van der Waals surface area contributed by atoms with Crippen LogP contribution in [0.25, 0.3) is 10.9 Å². The molecule has 98 valence electrons. The summed E-state index contributed by atoms with van der Waals surface area (Å²) in [5.41, 5.74) is 1.12. The quantitative estimate of drug-likeness (QED) is 0.735.